The van der Waals surface area contributed by atoms with Crippen LogP contribution in [0.1, 0.15) is 43.7 Å². The molecule has 1 saturated carbocycles. The molecule has 1 fully saturated rings. The molecule has 1 aliphatic carbocycles. The normalized spacial score (nSPS) is 14.5. The lowest BCUT2D eigenvalue weighted by molar-refractivity contribution is -0.139. The van der Waals surface area contributed by atoms with Crippen LogP contribution in [0.4, 0.5) is 5.69 Å². The zero-order chi connectivity index (χ0) is 28.9. The molecule has 1 N–H and O–H groups in total. The summed E-state index contributed by atoms with van der Waals surface area (Å²) in [5, 5.41) is 3.94. The lowest BCUT2D eigenvalue weighted by atomic mass is 10.1. The van der Waals surface area contributed by atoms with Gasteiger partial charge in [-0.2, -0.15) is 0 Å². The van der Waals surface area contributed by atoms with Gasteiger partial charge in [0.2, 0.25) is 11.8 Å². The maximum Gasteiger partial charge on any atom is 0.264 e. The van der Waals surface area contributed by atoms with Gasteiger partial charge in [-0.1, -0.05) is 71.9 Å². The fraction of sp³-hybridized carbons (Fsp3) is 0.333. The number of hydrogen-bond donors (Lipinski definition) is 1. The number of hydrogen-bond acceptors (Lipinski definition) is 4. The van der Waals surface area contributed by atoms with Crippen LogP contribution in [0.25, 0.3) is 0 Å². The average Bonchev–Trinajstić information content (AvgIpc) is 3.44. The summed E-state index contributed by atoms with van der Waals surface area (Å²) >= 11 is 12.3. The lowest BCUT2D eigenvalue weighted by Gasteiger charge is -2.32. The number of carbonyl (C=O) groups excluding carboxylic acids is 2. The van der Waals surface area contributed by atoms with Gasteiger partial charge in [0, 0.05) is 22.6 Å². The highest BCUT2D eigenvalue weighted by atomic mass is 35.5. The smallest absolute Gasteiger partial charge is 0.264 e. The van der Waals surface area contributed by atoms with E-state index >= 15 is 0 Å². The summed E-state index contributed by atoms with van der Waals surface area (Å²) in [7, 11) is -4.15. The Hall–Kier alpha value is -3.07. The molecule has 0 aliphatic heterocycles. The highest BCUT2D eigenvalue weighted by molar-refractivity contribution is 7.92. The maximum atomic E-state index is 14.0. The Balaban J connectivity index is 1.68. The number of sulfonamides is 1. The van der Waals surface area contributed by atoms with Gasteiger partial charge in [-0.05, 0) is 74.7 Å². The fourth-order valence-electron chi connectivity index (χ4n) is 4.76. The van der Waals surface area contributed by atoms with Crippen LogP contribution >= 0.6 is 23.2 Å². The van der Waals surface area contributed by atoms with Crippen molar-refractivity contribution in [1.29, 1.82) is 0 Å². The lowest BCUT2D eigenvalue weighted by Crippen LogP contribution is -2.52. The number of benzene rings is 3. The van der Waals surface area contributed by atoms with E-state index in [1.165, 1.54) is 23.1 Å². The summed E-state index contributed by atoms with van der Waals surface area (Å²) in [5.74, 6) is -0.801. The van der Waals surface area contributed by atoms with Crippen LogP contribution in [0.15, 0.2) is 77.7 Å². The summed E-state index contributed by atoms with van der Waals surface area (Å²) < 4.78 is 28.8. The van der Waals surface area contributed by atoms with Crippen LogP contribution in [-0.2, 0) is 26.2 Å². The quantitative estimate of drug-likeness (QED) is 0.310. The van der Waals surface area contributed by atoms with Crippen molar-refractivity contribution in [2.75, 3.05) is 10.8 Å². The molecule has 0 aromatic heterocycles. The Kier molecular flexibility index (Phi) is 9.77. The number of nitrogens with one attached hydrogen (secondary N) is 1. The standard InChI is InChI=1S/C30H33Cl2N3O4S/c1-21-10-16-28(17-11-21)40(38,39)35(27-9-5-6-25(32)18-27)20-29(36)34(19-23-12-14-24(31)15-13-23)22(2)30(37)33-26-7-3-4-8-26/h5-6,9-18,22,26H,3-4,7-8,19-20H2,1-2H3,(H,33,37). The number of amides is 2. The second-order valence-electron chi connectivity index (χ2n) is 10.1. The maximum absolute atomic E-state index is 14.0. The average molecular weight is 603 g/mol. The molecule has 0 bridgehead atoms. The second kappa shape index (κ2) is 13.1. The minimum absolute atomic E-state index is 0.0437. The van der Waals surface area contributed by atoms with Gasteiger partial charge in [0.1, 0.15) is 12.6 Å². The predicted molar refractivity (Wildman–Crippen MR) is 159 cm³/mol. The monoisotopic (exact) mass is 601 g/mol. The first-order valence-electron chi connectivity index (χ1n) is 13.2. The molecular weight excluding hydrogens is 569 g/mol. The van der Waals surface area contributed by atoms with E-state index in [0.29, 0.717) is 10.0 Å². The highest BCUT2D eigenvalue weighted by Crippen LogP contribution is 2.27. The van der Waals surface area contributed by atoms with Crippen molar-refractivity contribution in [2.24, 2.45) is 0 Å². The van der Waals surface area contributed by atoms with Crippen molar-refractivity contribution in [1.82, 2.24) is 10.2 Å². The first-order valence-corrected chi connectivity index (χ1v) is 15.4. The SMILES string of the molecule is Cc1ccc(S(=O)(=O)N(CC(=O)N(Cc2ccc(Cl)cc2)C(C)C(=O)NC2CCCC2)c2cccc(Cl)c2)cc1. The van der Waals surface area contributed by atoms with Crippen LogP contribution in [-0.4, -0.2) is 43.8 Å². The van der Waals surface area contributed by atoms with Gasteiger partial charge >= 0.3 is 0 Å². The van der Waals surface area contributed by atoms with E-state index < -0.39 is 28.5 Å². The Morgan fingerprint density at radius 2 is 1.60 bits per heavy atom. The molecule has 4 rings (SSSR count). The first-order chi connectivity index (χ1) is 19.0. The van der Waals surface area contributed by atoms with Gasteiger partial charge in [0.05, 0.1) is 10.6 Å². The van der Waals surface area contributed by atoms with Crippen LogP contribution in [0.2, 0.25) is 10.0 Å². The number of rotatable bonds is 10. The number of halogens is 2. The van der Waals surface area contributed by atoms with Gasteiger partial charge in [-0.25, -0.2) is 8.42 Å². The molecule has 40 heavy (non-hydrogen) atoms. The summed E-state index contributed by atoms with van der Waals surface area (Å²) in [4.78, 5) is 28.7. The molecule has 0 spiro atoms. The number of carbonyl (C=O) groups is 2. The van der Waals surface area contributed by atoms with Gasteiger partial charge < -0.3 is 10.2 Å². The molecule has 10 heteroatoms. The molecule has 1 aliphatic rings. The second-order valence-corrected chi connectivity index (χ2v) is 12.9. The van der Waals surface area contributed by atoms with Crippen molar-refractivity contribution in [3.05, 3.63) is 94.0 Å². The molecule has 212 valence electrons. The Bertz CT molecular complexity index is 1440. The van der Waals surface area contributed by atoms with E-state index in [1.54, 1.807) is 61.5 Å². The minimum Gasteiger partial charge on any atom is -0.352 e. The number of aryl methyl sites for hydroxylation is 1. The van der Waals surface area contributed by atoms with Crippen LogP contribution < -0.4 is 9.62 Å². The Labute approximate surface area is 246 Å². The van der Waals surface area contributed by atoms with E-state index in [-0.39, 0.29) is 29.1 Å². The van der Waals surface area contributed by atoms with Gasteiger partial charge in [0.15, 0.2) is 0 Å². The van der Waals surface area contributed by atoms with E-state index in [2.05, 4.69) is 5.32 Å². The topological polar surface area (TPSA) is 86.8 Å². The molecule has 0 radical (unpaired) electrons. The van der Waals surface area contributed by atoms with Gasteiger partial charge in [-0.3, -0.25) is 13.9 Å². The van der Waals surface area contributed by atoms with E-state index in [9.17, 15) is 18.0 Å². The van der Waals surface area contributed by atoms with Crippen LogP contribution in [0.3, 0.4) is 0 Å². The molecule has 1 unspecified atom stereocenters. The van der Waals surface area contributed by atoms with Crippen LogP contribution in [0.5, 0.6) is 0 Å². The van der Waals surface area contributed by atoms with Gasteiger partial charge in [-0.15, -0.1) is 0 Å². The van der Waals surface area contributed by atoms with Crippen molar-refractivity contribution in [2.45, 2.75) is 63.1 Å². The summed E-state index contributed by atoms with van der Waals surface area (Å²) in [5.41, 5.74) is 1.91. The summed E-state index contributed by atoms with van der Waals surface area (Å²) in [6, 6.07) is 19.0. The number of nitrogens with zero attached hydrogens (tertiary/aromatic N) is 2. The molecule has 0 heterocycles. The van der Waals surface area contributed by atoms with Crippen molar-refractivity contribution in [3.63, 3.8) is 0 Å². The third kappa shape index (κ3) is 7.36. The van der Waals surface area contributed by atoms with Crippen molar-refractivity contribution >= 4 is 50.7 Å². The largest absolute Gasteiger partial charge is 0.352 e. The van der Waals surface area contributed by atoms with E-state index in [1.807, 2.05) is 6.92 Å². The van der Waals surface area contributed by atoms with E-state index in [0.717, 1.165) is 41.1 Å². The molecule has 7 nitrogen and oxygen atoms in total. The zero-order valence-electron chi connectivity index (χ0n) is 22.5. The Morgan fingerprint density at radius 3 is 2.23 bits per heavy atom. The van der Waals surface area contributed by atoms with Crippen LogP contribution in [0, 0.1) is 6.92 Å². The predicted octanol–water partition coefficient (Wildman–Crippen LogP) is 5.97. The molecule has 3 aromatic carbocycles. The van der Waals surface area contributed by atoms with Crippen molar-refractivity contribution in [3.8, 4) is 0 Å². The molecule has 0 saturated heterocycles. The summed E-state index contributed by atoms with van der Waals surface area (Å²) in [6.07, 6.45) is 3.91. The minimum atomic E-state index is -4.15. The summed E-state index contributed by atoms with van der Waals surface area (Å²) in [6.45, 7) is 3.10. The molecular formula is C30H33Cl2N3O4S. The van der Waals surface area contributed by atoms with Crippen molar-refractivity contribution < 1.29 is 18.0 Å². The third-order valence-corrected chi connectivity index (χ3v) is 9.39. The molecule has 1 atom stereocenters. The molecule has 2 amide bonds. The Morgan fingerprint density at radius 1 is 0.950 bits per heavy atom. The third-order valence-electron chi connectivity index (χ3n) is 7.12. The zero-order valence-corrected chi connectivity index (χ0v) is 24.8. The highest BCUT2D eigenvalue weighted by Gasteiger charge is 2.33. The first kappa shape index (κ1) is 29.9. The molecule has 3 aromatic rings. The fourth-order valence-corrected chi connectivity index (χ4v) is 6.48. The van der Waals surface area contributed by atoms with E-state index in [4.69, 9.17) is 23.2 Å². The van der Waals surface area contributed by atoms with Gasteiger partial charge in [0.25, 0.3) is 10.0 Å². The number of anilines is 1.